The van der Waals surface area contributed by atoms with Crippen molar-refractivity contribution in [3.63, 3.8) is 0 Å². The van der Waals surface area contributed by atoms with Crippen LogP contribution in [0.1, 0.15) is 33.6 Å². The van der Waals surface area contributed by atoms with Crippen LogP contribution in [0.15, 0.2) is 0 Å². The van der Waals surface area contributed by atoms with E-state index >= 15 is 0 Å². The highest BCUT2D eigenvalue weighted by molar-refractivity contribution is 5.91. The van der Waals surface area contributed by atoms with Gasteiger partial charge in [0.25, 0.3) is 0 Å². The first-order valence-corrected chi connectivity index (χ1v) is 5.10. The molecule has 13 heavy (non-hydrogen) atoms. The number of ketones is 1. The summed E-state index contributed by atoms with van der Waals surface area (Å²) in [6, 6.07) is 0. The largest absolute Gasteiger partial charge is 0.396 e. The van der Waals surface area contributed by atoms with Gasteiger partial charge in [-0.25, -0.2) is 0 Å². The Labute approximate surface area is 79.3 Å². The zero-order chi connectivity index (χ0) is 9.85. The fourth-order valence-corrected chi connectivity index (χ4v) is 3.48. The molecule has 2 aliphatic rings. The zero-order valence-corrected chi connectivity index (χ0v) is 8.63. The van der Waals surface area contributed by atoms with Gasteiger partial charge in [0.2, 0.25) is 0 Å². The molecule has 2 heteroatoms. The van der Waals surface area contributed by atoms with E-state index in [-0.39, 0.29) is 23.4 Å². The average Bonchev–Trinajstić information content (AvgIpc) is 2.36. The maximum absolute atomic E-state index is 12.0. The summed E-state index contributed by atoms with van der Waals surface area (Å²) in [5.41, 5.74) is -0.0669. The van der Waals surface area contributed by atoms with Gasteiger partial charge in [0.15, 0.2) is 0 Å². The SMILES string of the molecule is CC1(C)[C@H]2CC[C@]1(C)C(=O)[C@@H]2CO. The van der Waals surface area contributed by atoms with Crippen LogP contribution in [0.25, 0.3) is 0 Å². The second kappa shape index (κ2) is 2.35. The average molecular weight is 182 g/mol. The summed E-state index contributed by atoms with van der Waals surface area (Å²) in [6.45, 7) is 6.48. The first kappa shape index (κ1) is 9.20. The van der Waals surface area contributed by atoms with E-state index in [1.165, 1.54) is 0 Å². The lowest BCUT2D eigenvalue weighted by molar-refractivity contribution is -0.132. The van der Waals surface area contributed by atoms with Crippen molar-refractivity contribution in [1.82, 2.24) is 0 Å². The van der Waals surface area contributed by atoms with Gasteiger partial charge in [-0.3, -0.25) is 4.79 Å². The molecule has 74 valence electrons. The Morgan fingerprint density at radius 1 is 1.46 bits per heavy atom. The molecule has 2 nitrogen and oxygen atoms in total. The number of carbonyl (C=O) groups excluding carboxylic acids is 1. The van der Waals surface area contributed by atoms with E-state index in [9.17, 15) is 9.90 Å². The molecule has 1 N–H and O–H groups in total. The number of hydrogen-bond donors (Lipinski definition) is 1. The van der Waals surface area contributed by atoms with Crippen LogP contribution in [-0.4, -0.2) is 17.5 Å². The van der Waals surface area contributed by atoms with Crippen LogP contribution in [0.2, 0.25) is 0 Å². The molecule has 0 amide bonds. The van der Waals surface area contributed by atoms with Crippen molar-refractivity contribution in [1.29, 1.82) is 0 Å². The molecule has 0 unspecified atom stereocenters. The summed E-state index contributed by atoms with van der Waals surface area (Å²) in [5, 5.41) is 9.18. The molecule has 0 aromatic rings. The van der Waals surface area contributed by atoms with E-state index in [1.807, 2.05) is 0 Å². The van der Waals surface area contributed by atoms with Crippen LogP contribution in [0.3, 0.4) is 0 Å². The van der Waals surface area contributed by atoms with Gasteiger partial charge in [-0.05, 0) is 24.2 Å². The second-order valence-electron chi connectivity index (χ2n) is 5.35. The molecule has 0 aliphatic heterocycles. The first-order valence-electron chi connectivity index (χ1n) is 5.10. The van der Waals surface area contributed by atoms with Crippen molar-refractivity contribution >= 4 is 5.78 Å². The Morgan fingerprint density at radius 2 is 2.08 bits per heavy atom. The lowest BCUT2D eigenvalue weighted by Gasteiger charge is -2.32. The quantitative estimate of drug-likeness (QED) is 0.669. The number of rotatable bonds is 1. The predicted octanol–water partition coefficient (Wildman–Crippen LogP) is 1.62. The molecule has 0 aromatic heterocycles. The van der Waals surface area contributed by atoms with Crippen LogP contribution in [0, 0.1) is 22.7 Å². The molecule has 0 aromatic carbocycles. The fraction of sp³-hybridized carbons (Fsp3) is 0.909. The van der Waals surface area contributed by atoms with Crippen LogP contribution < -0.4 is 0 Å². The summed E-state index contributed by atoms with van der Waals surface area (Å²) in [7, 11) is 0. The molecule has 2 saturated carbocycles. The first-order chi connectivity index (χ1) is 5.95. The number of aliphatic hydroxyl groups is 1. The molecule has 2 fully saturated rings. The second-order valence-corrected chi connectivity index (χ2v) is 5.35. The normalized spacial score (nSPS) is 47.2. The molecule has 0 saturated heterocycles. The predicted molar refractivity (Wildman–Crippen MR) is 50.2 cm³/mol. The summed E-state index contributed by atoms with van der Waals surface area (Å²) >= 11 is 0. The lowest BCUT2D eigenvalue weighted by Crippen LogP contribution is -2.34. The van der Waals surface area contributed by atoms with Crippen LogP contribution in [-0.2, 0) is 4.79 Å². The van der Waals surface area contributed by atoms with Gasteiger partial charge >= 0.3 is 0 Å². The lowest BCUT2D eigenvalue weighted by atomic mass is 9.70. The molecule has 2 rings (SSSR count). The third-order valence-corrected chi connectivity index (χ3v) is 4.87. The highest BCUT2D eigenvalue weighted by Crippen LogP contribution is 2.65. The fourth-order valence-electron chi connectivity index (χ4n) is 3.48. The molecular weight excluding hydrogens is 164 g/mol. The molecule has 2 aliphatic carbocycles. The van der Waals surface area contributed by atoms with Crippen molar-refractivity contribution in [2.75, 3.05) is 6.61 Å². The van der Waals surface area contributed by atoms with Gasteiger partial charge in [0, 0.05) is 11.3 Å². The van der Waals surface area contributed by atoms with Gasteiger partial charge < -0.3 is 5.11 Å². The molecule has 0 spiro atoms. The third kappa shape index (κ3) is 0.804. The molecule has 3 atom stereocenters. The molecule has 0 heterocycles. The van der Waals surface area contributed by atoms with E-state index in [4.69, 9.17) is 0 Å². The van der Waals surface area contributed by atoms with Crippen molar-refractivity contribution in [3.8, 4) is 0 Å². The Bertz CT molecular complexity index is 257. The highest BCUT2D eigenvalue weighted by atomic mass is 16.3. The Kier molecular flexibility index (Phi) is 1.66. The van der Waals surface area contributed by atoms with Crippen molar-refractivity contribution in [2.45, 2.75) is 33.6 Å². The van der Waals surface area contributed by atoms with Crippen molar-refractivity contribution < 1.29 is 9.90 Å². The number of carbonyl (C=O) groups is 1. The minimum Gasteiger partial charge on any atom is -0.396 e. The van der Waals surface area contributed by atoms with Gasteiger partial charge in [0.1, 0.15) is 5.78 Å². The molecule has 2 bridgehead atoms. The summed E-state index contributed by atoms with van der Waals surface area (Å²) < 4.78 is 0. The van der Waals surface area contributed by atoms with E-state index in [0.29, 0.717) is 11.7 Å². The minimum absolute atomic E-state index is 0.0442. The monoisotopic (exact) mass is 182 g/mol. The zero-order valence-electron chi connectivity index (χ0n) is 8.63. The number of Topliss-reactive ketones (excluding diaryl/α,β-unsaturated/α-hetero) is 1. The smallest absolute Gasteiger partial charge is 0.144 e. The van der Waals surface area contributed by atoms with Gasteiger partial charge in [-0.2, -0.15) is 0 Å². The maximum Gasteiger partial charge on any atom is 0.144 e. The van der Waals surface area contributed by atoms with Crippen molar-refractivity contribution in [2.24, 2.45) is 22.7 Å². The minimum atomic E-state index is -0.162. The molecular formula is C11H18O2. The van der Waals surface area contributed by atoms with Crippen LogP contribution in [0.4, 0.5) is 0 Å². The number of hydrogen-bond acceptors (Lipinski definition) is 2. The van der Waals surface area contributed by atoms with Gasteiger partial charge in [-0.1, -0.05) is 20.8 Å². The topological polar surface area (TPSA) is 37.3 Å². The number of aliphatic hydroxyl groups excluding tert-OH is 1. The summed E-state index contributed by atoms with van der Waals surface area (Å²) in [5.74, 6) is 0.639. The number of fused-ring (bicyclic) bond motifs is 2. The van der Waals surface area contributed by atoms with Crippen LogP contribution >= 0.6 is 0 Å². The Hall–Kier alpha value is -0.370. The Balaban J connectivity index is 2.44. The van der Waals surface area contributed by atoms with E-state index < -0.39 is 0 Å². The Morgan fingerprint density at radius 3 is 2.38 bits per heavy atom. The van der Waals surface area contributed by atoms with E-state index in [0.717, 1.165) is 12.8 Å². The summed E-state index contributed by atoms with van der Waals surface area (Å²) in [4.78, 5) is 12.0. The third-order valence-electron chi connectivity index (χ3n) is 4.87. The highest BCUT2D eigenvalue weighted by Gasteiger charge is 2.65. The van der Waals surface area contributed by atoms with E-state index in [2.05, 4.69) is 20.8 Å². The summed E-state index contributed by atoms with van der Waals surface area (Å²) in [6.07, 6.45) is 2.13. The van der Waals surface area contributed by atoms with E-state index in [1.54, 1.807) is 0 Å². The maximum atomic E-state index is 12.0. The standard InChI is InChI=1S/C11H18O2/c1-10(2)8-4-5-11(10,3)9(13)7(8)6-12/h7-8,12H,4-6H2,1-3H3/t7-,8+,11-/m1/s1. The van der Waals surface area contributed by atoms with Gasteiger partial charge in [0.05, 0.1) is 6.61 Å². The van der Waals surface area contributed by atoms with Gasteiger partial charge in [-0.15, -0.1) is 0 Å². The van der Waals surface area contributed by atoms with Crippen LogP contribution in [0.5, 0.6) is 0 Å². The molecule has 0 radical (unpaired) electrons. The van der Waals surface area contributed by atoms with Crippen molar-refractivity contribution in [3.05, 3.63) is 0 Å².